The Balaban J connectivity index is 1.82. The Morgan fingerprint density at radius 3 is 2.89 bits per heavy atom. The number of nitrogens with two attached hydrogens (primary N) is 1. The van der Waals surface area contributed by atoms with Gasteiger partial charge >= 0.3 is 5.97 Å². The number of anilines is 2. The van der Waals surface area contributed by atoms with Gasteiger partial charge in [0.25, 0.3) is 0 Å². The molecule has 2 N–H and O–H groups in total. The summed E-state index contributed by atoms with van der Waals surface area (Å²) in [5.74, 6) is 0.526. The summed E-state index contributed by atoms with van der Waals surface area (Å²) in [5, 5.41) is 0. The summed E-state index contributed by atoms with van der Waals surface area (Å²) in [4.78, 5) is 14.1. The Labute approximate surface area is 113 Å². The summed E-state index contributed by atoms with van der Waals surface area (Å²) in [6.45, 7) is 3.29. The SMILES string of the molecule is CCOC(=O)c1ccc(N2CC3CCC2C3)c(N)c1. The fourth-order valence-corrected chi connectivity index (χ4v) is 3.38. The molecule has 102 valence electrons. The van der Waals surface area contributed by atoms with E-state index >= 15 is 0 Å². The molecular weight excluding hydrogens is 240 g/mol. The van der Waals surface area contributed by atoms with E-state index in [9.17, 15) is 4.79 Å². The highest BCUT2D eigenvalue weighted by Gasteiger charge is 2.38. The number of carbonyl (C=O) groups is 1. The topological polar surface area (TPSA) is 55.6 Å². The van der Waals surface area contributed by atoms with Crippen LogP contribution in [-0.4, -0.2) is 25.2 Å². The van der Waals surface area contributed by atoms with Crippen LogP contribution in [0.25, 0.3) is 0 Å². The van der Waals surface area contributed by atoms with Crippen LogP contribution in [-0.2, 0) is 4.74 Å². The number of esters is 1. The summed E-state index contributed by atoms with van der Waals surface area (Å²) in [7, 11) is 0. The van der Waals surface area contributed by atoms with Crippen molar-refractivity contribution in [2.24, 2.45) is 5.92 Å². The predicted molar refractivity (Wildman–Crippen MR) is 75.3 cm³/mol. The Hall–Kier alpha value is -1.71. The van der Waals surface area contributed by atoms with Crippen LogP contribution >= 0.6 is 0 Å². The molecule has 2 atom stereocenters. The van der Waals surface area contributed by atoms with Crippen LogP contribution in [0.2, 0.25) is 0 Å². The van der Waals surface area contributed by atoms with E-state index in [1.54, 1.807) is 13.0 Å². The van der Waals surface area contributed by atoms with Gasteiger partial charge < -0.3 is 15.4 Å². The van der Waals surface area contributed by atoms with Gasteiger partial charge in [-0.15, -0.1) is 0 Å². The standard InChI is InChI=1S/C15H20N2O2/c1-2-19-15(18)11-4-6-14(13(16)8-11)17-9-10-3-5-12(17)7-10/h4,6,8,10,12H,2-3,5,7,9,16H2,1H3. The molecule has 3 rings (SSSR count). The van der Waals surface area contributed by atoms with E-state index in [4.69, 9.17) is 10.5 Å². The zero-order chi connectivity index (χ0) is 13.4. The van der Waals surface area contributed by atoms with E-state index in [1.807, 2.05) is 12.1 Å². The first-order valence-electron chi connectivity index (χ1n) is 7.02. The Morgan fingerprint density at radius 2 is 2.32 bits per heavy atom. The highest BCUT2D eigenvalue weighted by Crippen LogP contribution is 2.42. The van der Waals surface area contributed by atoms with Crippen molar-refractivity contribution < 1.29 is 9.53 Å². The first kappa shape index (κ1) is 12.3. The third-order valence-corrected chi connectivity index (χ3v) is 4.26. The average Bonchev–Trinajstić information content (AvgIpc) is 3.01. The van der Waals surface area contributed by atoms with Gasteiger partial charge in [-0.3, -0.25) is 0 Å². The second-order valence-corrected chi connectivity index (χ2v) is 5.48. The number of fused-ring (bicyclic) bond motifs is 2. The lowest BCUT2D eigenvalue weighted by atomic mass is 10.1. The van der Waals surface area contributed by atoms with Crippen molar-refractivity contribution in [2.45, 2.75) is 32.2 Å². The van der Waals surface area contributed by atoms with Crippen LogP contribution in [0.5, 0.6) is 0 Å². The van der Waals surface area contributed by atoms with Gasteiger partial charge in [-0.25, -0.2) is 4.79 Å². The van der Waals surface area contributed by atoms with E-state index in [-0.39, 0.29) is 5.97 Å². The van der Waals surface area contributed by atoms with Crippen molar-refractivity contribution in [1.29, 1.82) is 0 Å². The van der Waals surface area contributed by atoms with Crippen LogP contribution in [0.4, 0.5) is 11.4 Å². The van der Waals surface area contributed by atoms with Crippen molar-refractivity contribution in [3.63, 3.8) is 0 Å². The molecule has 1 aliphatic heterocycles. The number of piperidine rings is 1. The second-order valence-electron chi connectivity index (χ2n) is 5.48. The molecule has 2 fully saturated rings. The molecule has 19 heavy (non-hydrogen) atoms. The van der Waals surface area contributed by atoms with Gasteiger partial charge in [0.15, 0.2) is 0 Å². The quantitative estimate of drug-likeness (QED) is 0.670. The van der Waals surface area contributed by atoms with Gasteiger partial charge in [0.1, 0.15) is 0 Å². The summed E-state index contributed by atoms with van der Waals surface area (Å²) >= 11 is 0. The lowest BCUT2D eigenvalue weighted by Gasteiger charge is -2.30. The second kappa shape index (κ2) is 4.76. The number of ether oxygens (including phenoxy) is 1. The molecule has 1 aromatic carbocycles. The zero-order valence-corrected chi connectivity index (χ0v) is 11.3. The average molecular weight is 260 g/mol. The summed E-state index contributed by atoms with van der Waals surface area (Å²) in [5.41, 5.74) is 8.40. The number of carbonyl (C=O) groups excluding carboxylic acids is 1. The van der Waals surface area contributed by atoms with E-state index in [1.165, 1.54) is 19.3 Å². The molecular formula is C15H20N2O2. The molecule has 1 aromatic rings. The molecule has 4 nitrogen and oxygen atoms in total. The van der Waals surface area contributed by atoms with E-state index in [0.29, 0.717) is 23.9 Å². The predicted octanol–water partition coefficient (Wildman–Crippen LogP) is 2.43. The first-order chi connectivity index (χ1) is 9.19. The summed E-state index contributed by atoms with van der Waals surface area (Å²) in [6.07, 6.45) is 3.91. The molecule has 1 saturated heterocycles. The third kappa shape index (κ3) is 2.15. The molecule has 0 amide bonds. The van der Waals surface area contributed by atoms with Crippen molar-refractivity contribution in [3.8, 4) is 0 Å². The molecule has 1 heterocycles. The lowest BCUT2D eigenvalue weighted by Crippen LogP contribution is -2.32. The van der Waals surface area contributed by atoms with Gasteiger partial charge in [-0.05, 0) is 50.3 Å². The number of benzene rings is 1. The Kier molecular flexibility index (Phi) is 3.09. The monoisotopic (exact) mass is 260 g/mol. The maximum atomic E-state index is 11.7. The lowest BCUT2D eigenvalue weighted by molar-refractivity contribution is 0.0526. The number of rotatable bonds is 3. The zero-order valence-electron chi connectivity index (χ0n) is 11.3. The van der Waals surface area contributed by atoms with E-state index in [0.717, 1.165) is 18.2 Å². The summed E-state index contributed by atoms with van der Waals surface area (Å²) < 4.78 is 4.99. The smallest absolute Gasteiger partial charge is 0.338 e. The minimum Gasteiger partial charge on any atom is -0.462 e. The highest BCUT2D eigenvalue weighted by molar-refractivity contribution is 5.92. The molecule has 1 aliphatic carbocycles. The number of hydrogen-bond acceptors (Lipinski definition) is 4. The van der Waals surface area contributed by atoms with Crippen LogP contribution in [0.1, 0.15) is 36.5 Å². The van der Waals surface area contributed by atoms with Crippen molar-refractivity contribution in [2.75, 3.05) is 23.8 Å². The van der Waals surface area contributed by atoms with E-state index < -0.39 is 0 Å². The maximum absolute atomic E-state index is 11.7. The number of hydrogen-bond donors (Lipinski definition) is 1. The van der Waals surface area contributed by atoms with E-state index in [2.05, 4.69) is 4.90 Å². The van der Waals surface area contributed by atoms with Gasteiger partial charge in [0.2, 0.25) is 0 Å². The number of nitrogen functional groups attached to an aromatic ring is 1. The molecule has 1 saturated carbocycles. The minimum atomic E-state index is -0.302. The molecule has 0 aromatic heterocycles. The van der Waals surface area contributed by atoms with Crippen LogP contribution in [0.3, 0.4) is 0 Å². The fourth-order valence-electron chi connectivity index (χ4n) is 3.38. The third-order valence-electron chi connectivity index (χ3n) is 4.26. The Morgan fingerprint density at radius 1 is 1.47 bits per heavy atom. The van der Waals surface area contributed by atoms with Crippen LogP contribution < -0.4 is 10.6 Å². The van der Waals surface area contributed by atoms with Gasteiger partial charge in [-0.1, -0.05) is 0 Å². The fraction of sp³-hybridized carbons (Fsp3) is 0.533. The highest BCUT2D eigenvalue weighted by atomic mass is 16.5. The molecule has 2 unspecified atom stereocenters. The van der Waals surface area contributed by atoms with Crippen molar-refractivity contribution in [1.82, 2.24) is 0 Å². The van der Waals surface area contributed by atoms with Crippen molar-refractivity contribution >= 4 is 17.3 Å². The maximum Gasteiger partial charge on any atom is 0.338 e. The Bertz CT molecular complexity index is 501. The molecule has 0 spiro atoms. The van der Waals surface area contributed by atoms with Crippen LogP contribution in [0.15, 0.2) is 18.2 Å². The first-order valence-corrected chi connectivity index (χ1v) is 7.02. The van der Waals surface area contributed by atoms with Gasteiger partial charge in [-0.2, -0.15) is 0 Å². The molecule has 4 heteroatoms. The molecule has 2 aliphatic rings. The largest absolute Gasteiger partial charge is 0.462 e. The van der Waals surface area contributed by atoms with Gasteiger partial charge in [0.05, 0.1) is 23.5 Å². The molecule has 2 bridgehead atoms. The summed E-state index contributed by atoms with van der Waals surface area (Å²) in [6, 6.07) is 6.15. The van der Waals surface area contributed by atoms with Crippen LogP contribution in [0, 0.1) is 5.92 Å². The van der Waals surface area contributed by atoms with Crippen molar-refractivity contribution in [3.05, 3.63) is 23.8 Å². The normalized spacial score (nSPS) is 24.8. The minimum absolute atomic E-state index is 0.302. The molecule has 0 radical (unpaired) electrons. The number of nitrogens with zero attached hydrogens (tertiary/aromatic N) is 1. The van der Waals surface area contributed by atoms with Gasteiger partial charge in [0, 0.05) is 12.6 Å².